The number of alkyl halides is 3. The molecule has 2 heterocycles. The fourth-order valence-electron chi connectivity index (χ4n) is 2.41. The van der Waals surface area contributed by atoms with Gasteiger partial charge in [-0.05, 0) is 31.2 Å². The van der Waals surface area contributed by atoms with Crippen LogP contribution in [0, 0.1) is 0 Å². The first-order valence-corrected chi connectivity index (χ1v) is 8.63. The quantitative estimate of drug-likeness (QED) is 0.548. The molecule has 10 heteroatoms. The topological polar surface area (TPSA) is 92.2 Å². The minimum absolute atomic E-state index is 0.128. The first kappa shape index (κ1) is 20.3. The normalized spacial score (nSPS) is 12.3. The van der Waals surface area contributed by atoms with Crippen LogP contribution in [0.25, 0.3) is 11.4 Å². The maximum atomic E-state index is 12.4. The summed E-state index contributed by atoms with van der Waals surface area (Å²) < 4.78 is 41.3. The molecule has 1 atom stereocenters. The molecule has 0 radical (unpaired) electrons. The molecule has 0 saturated carbocycles. The summed E-state index contributed by atoms with van der Waals surface area (Å²) in [6, 6.07) is 12.1. The molecule has 0 aliphatic carbocycles. The van der Waals surface area contributed by atoms with E-state index in [4.69, 9.17) is 0 Å². The number of pyridine rings is 1. The Balaban J connectivity index is 1.92. The zero-order valence-electron chi connectivity index (χ0n) is 15.3. The third-order valence-corrected chi connectivity index (χ3v) is 3.64. The Morgan fingerprint density at radius 2 is 1.90 bits per heavy atom. The van der Waals surface area contributed by atoms with Crippen molar-refractivity contribution in [2.75, 3.05) is 17.2 Å². The van der Waals surface area contributed by atoms with Crippen molar-refractivity contribution in [2.45, 2.75) is 19.3 Å². The number of anilines is 3. The Labute approximate surface area is 164 Å². The molecule has 152 valence electrons. The Bertz CT molecular complexity index is 954. The van der Waals surface area contributed by atoms with Crippen LogP contribution in [0.5, 0.6) is 5.75 Å². The number of nitrogens with zero attached hydrogens (tertiary/aromatic N) is 3. The van der Waals surface area contributed by atoms with Gasteiger partial charge in [-0.2, -0.15) is 4.98 Å². The van der Waals surface area contributed by atoms with E-state index < -0.39 is 6.36 Å². The van der Waals surface area contributed by atoms with Crippen LogP contribution in [-0.2, 0) is 0 Å². The summed E-state index contributed by atoms with van der Waals surface area (Å²) in [6.45, 7) is 1.62. The van der Waals surface area contributed by atoms with E-state index in [1.54, 1.807) is 43.5 Å². The van der Waals surface area contributed by atoms with E-state index in [1.165, 1.54) is 18.2 Å². The van der Waals surface area contributed by atoms with Gasteiger partial charge in [0, 0.05) is 30.1 Å². The zero-order valence-corrected chi connectivity index (χ0v) is 15.3. The smallest absolute Gasteiger partial charge is 0.406 e. The van der Waals surface area contributed by atoms with Crippen molar-refractivity contribution in [1.29, 1.82) is 0 Å². The Morgan fingerprint density at radius 3 is 2.59 bits per heavy atom. The predicted octanol–water partition coefficient (Wildman–Crippen LogP) is 3.97. The maximum Gasteiger partial charge on any atom is 0.573 e. The number of nitrogens with one attached hydrogen (secondary N) is 2. The molecule has 3 aromatic rings. The molecule has 3 rings (SSSR count). The average Bonchev–Trinajstić information content (AvgIpc) is 2.67. The van der Waals surface area contributed by atoms with Gasteiger partial charge in [-0.1, -0.05) is 12.1 Å². The van der Waals surface area contributed by atoms with Crippen molar-refractivity contribution in [3.8, 4) is 17.1 Å². The lowest BCUT2D eigenvalue weighted by Gasteiger charge is -2.14. The molecular formula is C19H18F3N5O2. The van der Waals surface area contributed by atoms with Gasteiger partial charge in [0.2, 0.25) is 5.95 Å². The highest BCUT2D eigenvalue weighted by atomic mass is 19.4. The van der Waals surface area contributed by atoms with Crippen LogP contribution < -0.4 is 15.4 Å². The van der Waals surface area contributed by atoms with Gasteiger partial charge in [-0.15, -0.1) is 13.2 Å². The number of halogens is 3. The SMILES string of the molecule is C[C@@H](CO)Nc1nc(Nc2cccc(OC(F)(F)F)c2)cc(-c2ccccn2)n1. The number of aliphatic hydroxyl groups is 1. The highest BCUT2D eigenvalue weighted by molar-refractivity contribution is 5.65. The van der Waals surface area contributed by atoms with Crippen LogP contribution in [0.1, 0.15) is 6.92 Å². The summed E-state index contributed by atoms with van der Waals surface area (Å²) >= 11 is 0. The van der Waals surface area contributed by atoms with E-state index in [0.29, 0.717) is 22.9 Å². The van der Waals surface area contributed by atoms with Crippen LogP contribution >= 0.6 is 0 Å². The number of hydrogen-bond acceptors (Lipinski definition) is 7. The van der Waals surface area contributed by atoms with E-state index in [-0.39, 0.29) is 24.3 Å². The van der Waals surface area contributed by atoms with Crippen LogP contribution in [0.15, 0.2) is 54.7 Å². The van der Waals surface area contributed by atoms with Crippen molar-refractivity contribution < 1.29 is 23.0 Å². The van der Waals surface area contributed by atoms with Crippen molar-refractivity contribution in [2.24, 2.45) is 0 Å². The van der Waals surface area contributed by atoms with E-state index in [0.717, 1.165) is 0 Å². The third-order valence-electron chi connectivity index (χ3n) is 3.64. The molecule has 0 bridgehead atoms. The third kappa shape index (κ3) is 6.04. The molecule has 1 aromatic carbocycles. The predicted molar refractivity (Wildman–Crippen MR) is 102 cm³/mol. The molecule has 0 unspecified atom stereocenters. The van der Waals surface area contributed by atoms with Crippen LogP contribution in [0.4, 0.5) is 30.6 Å². The van der Waals surface area contributed by atoms with Crippen molar-refractivity contribution in [1.82, 2.24) is 15.0 Å². The van der Waals surface area contributed by atoms with Crippen LogP contribution in [-0.4, -0.2) is 39.1 Å². The van der Waals surface area contributed by atoms with E-state index >= 15 is 0 Å². The highest BCUT2D eigenvalue weighted by Gasteiger charge is 2.31. The zero-order chi connectivity index (χ0) is 20.9. The van der Waals surface area contributed by atoms with Gasteiger partial charge < -0.3 is 20.5 Å². The van der Waals surface area contributed by atoms with Crippen LogP contribution in [0.3, 0.4) is 0 Å². The lowest BCUT2D eigenvalue weighted by molar-refractivity contribution is -0.274. The molecule has 0 saturated heterocycles. The second-order valence-electron chi connectivity index (χ2n) is 6.11. The summed E-state index contributed by atoms with van der Waals surface area (Å²) in [5, 5.41) is 15.2. The number of benzene rings is 1. The Kier molecular flexibility index (Phi) is 6.13. The number of aliphatic hydroxyl groups excluding tert-OH is 1. The van der Waals surface area contributed by atoms with Gasteiger partial charge in [0.05, 0.1) is 18.0 Å². The summed E-state index contributed by atoms with van der Waals surface area (Å²) in [4.78, 5) is 13.0. The number of rotatable bonds is 7. The molecule has 0 aliphatic heterocycles. The molecule has 0 spiro atoms. The van der Waals surface area contributed by atoms with Gasteiger partial charge in [0.25, 0.3) is 0 Å². The van der Waals surface area contributed by atoms with Gasteiger partial charge in [0.1, 0.15) is 11.6 Å². The fraction of sp³-hybridized carbons (Fsp3) is 0.211. The summed E-state index contributed by atoms with van der Waals surface area (Å²) in [5.74, 6) is 0.214. The minimum atomic E-state index is -4.78. The number of hydrogen-bond donors (Lipinski definition) is 3. The van der Waals surface area contributed by atoms with Gasteiger partial charge in [-0.3, -0.25) is 4.98 Å². The molecule has 29 heavy (non-hydrogen) atoms. The van der Waals surface area contributed by atoms with E-state index in [1.807, 2.05) is 0 Å². The average molecular weight is 405 g/mol. The molecule has 7 nitrogen and oxygen atoms in total. The van der Waals surface area contributed by atoms with E-state index in [2.05, 4.69) is 30.3 Å². The van der Waals surface area contributed by atoms with Gasteiger partial charge in [0.15, 0.2) is 0 Å². The van der Waals surface area contributed by atoms with Crippen LogP contribution in [0.2, 0.25) is 0 Å². The lowest BCUT2D eigenvalue weighted by atomic mass is 10.2. The molecule has 0 amide bonds. The molecule has 2 aromatic heterocycles. The Morgan fingerprint density at radius 1 is 1.07 bits per heavy atom. The van der Waals surface area contributed by atoms with Gasteiger partial charge in [-0.25, -0.2) is 4.98 Å². The molecule has 3 N–H and O–H groups in total. The van der Waals surface area contributed by atoms with Crippen molar-refractivity contribution in [3.05, 3.63) is 54.7 Å². The maximum absolute atomic E-state index is 12.4. The summed E-state index contributed by atoms with van der Waals surface area (Å²) in [7, 11) is 0. The standard InChI is InChI=1S/C19H18F3N5O2/c1-12(11-28)24-18-26-16(15-7-2-3-8-23-15)10-17(27-18)25-13-5-4-6-14(9-13)29-19(20,21)22/h2-10,12,28H,11H2,1H3,(H2,24,25,26,27)/t12-/m0/s1. The lowest BCUT2D eigenvalue weighted by Crippen LogP contribution is -2.21. The number of ether oxygens (including phenoxy) is 1. The highest BCUT2D eigenvalue weighted by Crippen LogP contribution is 2.27. The summed E-state index contributed by atoms with van der Waals surface area (Å²) in [6.07, 6.45) is -3.16. The second-order valence-corrected chi connectivity index (χ2v) is 6.11. The first-order valence-electron chi connectivity index (χ1n) is 8.63. The first-order chi connectivity index (χ1) is 13.8. The van der Waals surface area contributed by atoms with Crippen molar-refractivity contribution >= 4 is 17.5 Å². The molecule has 0 fully saturated rings. The van der Waals surface area contributed by atoms with Gasteiger partial charge >= 0.3 is 6.36 Å². The second kappa shape index (κ2) is 8.74. The van der Waals surface area contributed by atoms with E-state index in [9.17, 15) is 18.3 Å². The number of aromatic nitrogens is 3. The Hall–Kier alpha value is -3.40. The monoisotopic (exact) mass is 405 g/mol. The fourth-order valence-corrected chi connectivity index (χ4v) is 2.41. The summed E-state index contributed by atoms with van der Waals surface area (Å²) in [5.41, 5.74) is 1.43. The largest absolute Gasteiger partial charge is 0.573 e. The molecular weight excluding hydrogens is 387 g/mol. The van der Waals surface area contributed by atoms with Crippen molar-refractivity contribution in [3.63, 3.8) is 0 Å². The molecule has 0 aliphatic rings. The minimum Gasteiger partial charge on any atom is -0.406 e.